The first-order valence-corrected chi connectivity index (χ1v) is 33.0. The molecule has 510 valence electrons. The maximum Gasteiger partial charge on any atom is 0.303 e. The van der Waals surface area contributed by atoms with E-state index >= 15 is 0 Å². The number of carbonyl (C=O) groups excluding carboxylic acids is 2. The highest BCUT2D eigenvalue weighted by Crippen LogP contribution is 2.39. The number of ether oxygens (including phenoxy) is 16. The van der Waals surface area contributed by atoms with Gasteiger partial charge in [0.25, 0.3) is 0 Å². The lowest BCUT2D eigenvalue weighted by molar-refractivity contribution is -0.394. The first-order chi connectivity index (χ1) is 47.7. The molecule has 18 heteroatoms. The average molecular weight is 1320 g/mol. The van der Waals surface area contributed by atoms with Crippen LogP contribution in [0.5, 0.6) is 0 Å². The predicted octanol–water partition coefficient (Wildman–Crippen LogP) is 12.0. The number of hydrogen-bond acceptors (Lipinski definition) is 18. The molecule has 3 aliphatic rings. The molecular formula is C79H86O18. The van der Waals surface area contributed by atoms with E-state index in [4.69, 9.17) is 75.8 Å². The number of benzene rings is 8. The smallest absolute Gasteiger partial charge is 0.303 e. The second kappa shape index (κ2) is 37.2. The molecule has 15 atom stereocenters. The molecule has 3 saturated heterocycles. The second-order valence-corrected chi connectivity index (χ2v) is 24.0. The van der Waals surface area contributed by atoms with Crippen LogP contribution in [0.4, 0.5) is 0 Å². The summed E-state index contributed by atoms with van der Waals surface area (Å²) >= 11 is 0. The molecule has 3 aliphatic heterocycles. The number of rotatable bonds is 34. The maximum atomic E-state index is 14.1. The molecule has 8 aromatic carbocycles. The van der Waals surface area contributed by atoms with E-state index in [1.165, 1.54) is 21.0 Å². The Bertz CT molecular complexity index is 3510. The van der Waals surface area contributed by atoms with Gasteiger partial charge in [-0.1, -0.05) is 243 Å². The topological polar surface area (TPSA) is 182 Å². The summed E-state index contributed by atoms with van der Waals surface area (Å²) in [4.78, 5) is 27.0. The van der Waals surface area contributed by atoms with Gasteiger partial charge in [0.1, 0.15) is 67.6 Å². The quantitative estimate of drug-likeness (QED) is 0.0347. The Labute approximate surface area is 567 Å². The van der Waals surface area contributed by atoms with Crippen LogP contribution in [0.2, 0.25) is 0 Å². The van der Waals surface area contributed by atoms with E-state index in [9.17, 15) is 9.59 Å². The number of esters is 2. The first kappa shape index (κ1) is 70.5. The molecule has 8 aromatic rings. The van der Waals surface area contributed by atoms with Gasteiger partial charge in [0.05, 0.1) is 66.1 Å². The van der Waals surface area contributed by atoms with Crippen LogP contribution in [0.1, 0.15) is 58.4 Å². The fourth-order valence-electron chi connectivity index (χ4n) is 12.1. The molecule has 0 radical (unpaired) electrons. The standard InChI is InChI=1S/C79H86O18/c1-55(80)85-54-67-70(96-78-74(90-50-63-40-24-10-25-41-63)71(88-48-61-36-20-8-21-37-61)68(86-46-59-32-16-6-17-33-59)65(94-78)52-83-44-57-28-12-4-13-29-57)73(92-56(2)81)76(77(82-3)93-67)97-79-75(91-51-64-42-26-11-27-43-64)72(89-49-62-38-22-9-23-39-62)69(87-47-60-34-18-7-19-35-60)66(95-79)53-84-45-58-30-14-5-15-31-58/h4-43,65-79H,44-54H2,1-3H3/t65-,66-,67-,68-,69-,70-,71+,72+,73+,74-,75-,76-,77+,78-,79-/m1/s1. The molecular weight excluding hydrogens is 1240 g/mol. The summed E-state index contributed by atoms with van der Waals surface area (Å²) in [5, 5.41) is 0. The number of methoxy groups -OCH3 is 1. The normalized spacial score (nSPS) is 25.6. The van der Waals surface area contributed by atoms with Gasteiger partial charge in [-0.05, 0) is 44.5 Å². The molecule has 0 bridgehead atoms. The van der Waals surface area contributed by atoms with Gasteiger partial charge >= 0.3 is 11.9 Å². The van der Waals surface area contributed by atoms with Gasteiger partial charge in [0, 0.05) is 21.0 Å². The summed E-state index contributed by atoms with van der Waals surface area (Å²) < 4.78 is 110. The van der Waals surface area contributed by atoms with Gasteiger partial charge in [-0.15, -0.1) is 0 Å². The molecule has 97 heavy (non-hydrogen) atoms. The third-order valence-electron chi connectivity index (χ3n) is 16.8. The fraction of sp³-hybridized carbons (Fsp3) is 0.367. The summed E-state index contributed by atoms with van der Waals surface area (Å²) in [6, 6.07) is 78.3. The van der Waals surface area contributed by atoms with E-state index in [1.54, 1.807) is 0 Å². The van der Waals surface area contributed by atoms with E-state index in [-0.39, 0.29) is 66.1 Å². The van der Waals surface area contributed by atoms with Gasteiger partial charge in [0.15, 0.2) is 31.1 Å². The molecule has 0 aliphatic carbocycles. The van der Waals surface area contributed by atoms with Gasteiger partial charge in [-0.3, -0.25) is 9.59 Å². The zero-order valence-electron chi connectivity index (χ0n) is 54.9. The number of carbonyl (C=O) groups is 2. The van der Waals surface area contributed by atoms with Crippen LogP contribution in [-0.4, -0.2) is 131 Å². The highest BCUT2D eigenvalue weighted by molar-refractivity contribution is 5.66. The molecule has 11 rings (SSSR count). The van der Waals surface area contributed by atoms with Crippen LogP contribution < -0.4 is 0 Å². The van der Waals surface area contributed by atoms with Gasteiger partial charge in [-0.25, -0.2) is 0 Å². The fourth-order valence-corrected chi connectivity index (χ4v) is 12.1. The summed E-state index contributed by atoms with van der Waals surface area (Å²) in [6.07, 6.45) is -17.2. The maximum absolute atomic E-state index is 14.1. The molecule has 0 spiro atoms. The minimum atomic E-state index is -1.46. The lowest BCUT2D eigenvalue weighted by Crippen LogP contribution is -2.68. The summed E-state index contributed by atoms with van der Waals surface area (Å²) in [5.41, 5.74) is 7.19. The first-order valence-electron chi connectivity index (χ1n) is 33.0. The Kier molecular flexibility index (Phi) is 27.0. The van der Waals surface area contributed by atoms with E-state index in [2.05, 4.69) is 0 Å². The Hall–Kier alpha value is -7.86. The molecule has 0 saturated carbocycles. The van der Waals surface area contributed by atoms with Gasteiger partial charge < -0.3 is 75.8 Å². The van der Waals surface area contributed by atoms with Crippen molar-refractivity contribution in [3.05, 3.63) is 287 Å². The molecule has 18 nitrogen and oxygen atoms in total. The zero-order chi connectivity index (χ0) is 66.8. The summed E-state index contributed by atoms with van der Waals surface area (Å²) in [6.45, 7) is 3.46. The van der Waals surface area contributed by atoms with Crippen molar-refractivity contribution >= 4 is 11.9 Å². The van der Waals surface area contributed by atoms with E-state index < -0.39 is 111 Å². The highest BCUT2D eigenvalue weighted by Gasteiger charge is 2.58. The van der Waals surface area contributed by atoms with Crippen LogP contribution in [0.15, 0.2) is 243 Å². The van der Waals surface area contributed by atoms with E-state index in [0.717, 1.165) is 44.5 Å². The van der Waals surface area contributed by atoms with Crippen molar-refractivity contribution in [3.63, 3.8) is 0 Å². The van der Waals surface area contributed by atoms with Crippen molar-refractivity contribution < 1.29 is 85.4 Å². The molecule has 0 amide bonds. The third-order valence-corrected chi connectivity index (χ3v) is 16.8. The monoisotopic (exact) mass is 1320 g/mol. The van der Waals surface area contributed by atoms with Crippen molar-refractivity contribution in [3.8, 4) is 0 Å². The lowest BCUT2D eigenvalue weighted by Gasteiger charge is -2.51. The van der Waals surface area contributed by atoms with Gasteiger partial charge in [0.2, 0.25) is 0 Å². The minimum absolute atomic E-state index is 0.00307. The third kappa shape index (κ3) is 20.8. The Morgan fingerprint density at radius 2 is 0.557 bits per heavy atom. The van der Waals surface area contributed by atoms with Crippen LogP contribution in [0.3, 0.4) is 0 Å². The summed E-state index contributed by atoms with van der Waals surface area (Å²) in [5.74, 6) is -1.32. The van der Waals surface area contributed by atoms with Gasteiger partial charge in [-0.2, -0.15) is 0 Å². The van der Waals surface area contributed by atoms with Crippen LogP contribution in [-0.2, 0) is 138 Å². The minimum Gasteiger partial charge on any atom is -0.463 e. The Balaban J connectivity index is 0.997. The molecule has 0 aromatic heterocycles. The Morgan fingerprint density at radius 3 is 0.856 bits per heavy atom. The average Bonchev–Trinajstić information content (AvgIpc) is 0.782. The van der Waals surface area contributed by atoms with Crippen LogP contribution in [0.25, 0.3) is 0 Å². The van der Waals surface area contributed by atoms with Crippen molar-refractivity contribution in [2.45, 2.75) is 159 Å². The van der Waals surface area contributed by atoms with Crippen molar-refractivity contribution in [1.29, 1.82) is 0 Å². The van der Waals surface area contributed by atoms with Crippen molar-refractivity contribution in [1.82, 2.24) is 0 Å². The second-order valence-electron chi connectivity index (χ2n) is 24.0. The largest absolute Gasteiger partial charge is 0.463 e. The number of hydrogen-bond donors (Lipinski definition) is 0. The molecule has 3 fully saturated rings. The highest BCUT2D eigenvalue weighted by atomic mass is 16.8. The molecule has 0 unspecified atom stereocenters. The van der Waals surface area contributed by atoms with Crippen LogP contribution in [0, 0.1) is 0 Å². The predicted molar refractivity (Wildman–Crippen MR) is 357 cm³/mol. The summed E-state index contributed by atoms with van der Waals surface area (Å²) in [7, 11) is 1.43. The van der Waals surface area contributed by atoms with E-state index in [1.807, 2.05) is 243 Å². The van der Waals surface area contributed by atoms with E-state index in [0.29, 0.717) is 0 Å². The zero-order valence-corrected chi connectivity index (χ0v) is 54.9. The van der Waals surface area contributed by atoms with Crippen molar-refractivity contribution in [2.24, 2.45) is 0 Å². The van der Waals surface area contributed by atoms with Crippen molar-refractivity contribution in [2.75, 3.05) is 26.9 Å². The Morgan fingerprint density at radius 1 is 0.289 bits per heavy atom. The molecule has 3 heterocycles. The molecule has 0 N–H and O–H groups in total. The van der Waals surface area contributed by atoms with Crippen LogP contribution >= 0.6 is 0 Å². The lowest BCUT2D eigenvalue weighted by atomic mass is 9.95. The SMILES string of the molecule is CO[C@H]1O[C@H](COC(C)=O)[C@@H](O[C@H]2O[C@H](COCc3ccccc3)[C@@H](OCc3ccccc3)[C@H](OCc3ccccc3)[C@H]2OCc2ccccc2)[C@H](OC(C)=O)[C@H]1O[C@H]1O[C@H](COCc2ccccc2)[C@@H](OCc2ccccc2)[C@H](OCc2ccccc2)[C@H]1OCc1ccccc1.